The van der Waals surface area contributed by atoms with E-state index in [1.165, 1.54) is 12.1 Å². The molecule has 0 saturated heterocycles. The van der Waals surface area contributed by atoms with E-state index in [-0.39, 0.29) is 32.1 Å². The van der Waals surface area contributed by atoms with Gasteiger partial charge in [0.05, 0.1) is 15.6 Å². The smallest absolute Gasteiger partial charge is 0.349 e. The number of ether oxygens (including phenoxy) is 1. The van der Waals surface area contributed by atoms with Gasteiger partial charge >= 0.3 is 5.97 Å². The fraction of sp³-hybridized carbons (Fsp3) is 0.273. The second kappa shape index (κ2) is 9.24. The van der Waals surface area contributed by atoms with Crippen molar-refractivity contribution in [1.29, 1.82) is 0 Å². The van der Waals surface area contributed by atoms with Crippen molar-refractivity contribution in [3.05, 3.63) is 67.6 Å². The summed E-state index contributed by atoms with van der Waals surface area (Å²) in [5.74, 6) is -14.9. The number of carbonyl (C=O) groups excluding carboxylic acids is 1. The number of esters is 1. The van der Waals surface area contributed by atoms with Gasteiger partial charge in [0.15, 0.2) is 5.76 Å². The molecule has 0 radical (unpaired) electrons. The van der Waals surface area contributed by atoms with Crippen molar-refractivity contribution in [2.45, 2.75) is 24.8 Å². The SMILES string of the molecule is CN(C)C1(c2onc(-c3c(Cl)cc(Cl)cc3Cl)c2C(=O)Oc2c(F)c(F)c(F)c(F)c2F)CCC1. The Morgan fingerprint density at radius 1 is 0.971 bits per heavy atom. The number of nitrogens with zero attached hydrogens (tertiary/aromatic N) is 2. The second-order valence-electron chi connectivity index (χ2n) is 8.05. The van der Waals surface area contributed by atoms with E-state index in [9.17, 15) is 26.7 Å². The van der Waals surface area contributed by atoms with Crippen molar-refractivity contribution in [3.8, 4) is 17.0 Å². The summed E-state index contributed by atoms with van der Waals surface area (Å²) in [5.41, 5.74) is -1.56. The predicted molar refractivity (Wildman–Crippen MR) is 117 cm³/mol. The van der Waals surface area contributed by atoms with E-state index in [2.05, 4.69) is 5.16 Å². The molecular weight excluding hydrogens is 542 g/mol. The Balaban J connectivity index is 1.93. The molecule has 0 amide bonds. The summed E-state index contributed by atoms with van der Waals surface area (Å²) in [7, 11) is 3.42. The first-order valence-electron chi connectivity index (χ1n) is 9.96. The maximum Gasteiger partial charge on any atom is 0.349 e. The summed E-state index contributed by atoms with van der Waals surface area (Å²) >= 11 is 18.5. The fourth-order valence-corrected chi connectivity index (χ4v) is 4.94. The van der Waals surface area contributed by atoms with Gasteiger partial charge in [-0.15, -0.1) is 0 Å². The summed E-state index contributed by atoms with van der Waals surface area (Å²) in [6.45, 7) is 0. The minimum Gasteiger partial charge on any atom is -0.416 e. The molecule has 0 atom stereocenters. The third-order valence-corrected chi connectivity index (χ3v) is 6.78. The molecule has 4 rings (SSSR count). The highest BCUT2D eigenvalue weighted by Gasteiger charge is 2.49. The van der Waals surface area contributed by atoms with Gasteiger partial charge in [0.25, 0.3) is 0 Å². The van der Waals surface area contributed by atoms with Crippen LogP contribution >= 0.6 is 34.8 Å². The third kappa shape index (κ3) is 4.06. The first-order valence-corrected chi connectivity index (χ1v) is 11.1. The molecular formula is C22H14Cl3F5N2O3. The lowest BCUT2D eigenvalue weighted by Crippen LogP contribution is -2.47. The molecule has 1 heterocycles. The van der Waals surface area contributed by atoms with E-state index in [0.717, 1.165) is 6.42 Å². The summed E-state index contributed by atoms with van der Waals surface area (Å²) < 4.78 is 79.5. The molecule has 0 unspecified atom stereocenters. The number of carbonyl (C=O) groups is 1. The van der Waals surface area contributed by atoms with Gasteiger partial charge in [-0.25, -0.2) is 18.0 Å². The molecule has 1 aliphatic carbocycles. The maximum absolute atomic E-state index is 14.2. The second-order valence-corrected chi connectivity index (χ2v) is 9.30. The Hall–Kier alpha value is -2.40. The molecule has 0 bridgehead atoms. The van der Waals surface area contributed by atoms with Gasteiger partial charge in [-0.05, 0) is 45.5 Å². The Morgan fingerprint density at radius 2 is 1.49 bits per heavy atom. The molecule has 1 saturated carbocycles. The van der Waals surface area contributed by atoms with E-state index in [1.807, 2.05) is 0 Å². The Bertz CT molecular complexity index is 1310. The topological polar surface area (TPSA) is 55.6 Å². The van der Waals surface area contributed by atoms with Gasteiger partial charge in [-0.1, -0.05) is 40.0 Å². The number of hydrogen-bond donors (Lipinski definition) is 0. The van der Waals surface area contributed by atoms with Gasteiger partial charge in [-0.3, -0.25) is 4.90 Å². The van der Waals surface area contributed by atoms with E-state index in [0.29, 0.717) is 12.8 Å². The highest BCUT2D eigenvalue weighted by atomic mass is 35.5. The highest BCUT2D eigenvalue weighted by Crippen LogP contribution is 2.49. The van der Waals surface area contributed by atoms with Gasteiger partial charge < -0.3 is 9.26 Å². The minimum atomic E-state index is -2.40. The minimum absolute atomic E-state index is 0.00896. The number of halogens is 8. The first kappa shape index (κ1) is 25.7. The molecule has 0 N–H and O–H groups in total. The average molecular weight is 556 g/mol. The van der Waals surface area contributed by atoms with E-state index in [1.54, 1.807) is 19.0 Å². The quantitative estimate of drug-likeness (QED) is 0.110. The molecule has 2 aromatic carbocycles. The molecule has 186 valence electrons. The van der Waals surface area contributed by atoms with Crippen LogP contribution in [0.2, 0.25) is 15.1 Å². The van der Waals surface area contributed by atoms with Crippen LogP contribution in [0.1, 0.15) is 35.4 Å². The standard InChI is InChI=1S/C22H14Cl3F5N2O3/c1-32(2)22(4-3-5-22)20-12(18(31-35-20)11-9(24)6-8(23)7-10(11)25)21(33)34-19-16(29)14(27)13(26)15(28)17(19)30/h6-7H,3-5H2,1-2H3. The molecule has 1 fully saturated rings. The maximum atomic E-state index is 14.2. The molecule has 5 nitrogen and oxygen atoms in total. The van der Waals surface area contributed by atoms with Crippen LogP contribution < -0.4 is 4.74 Å². The molecule has 1 aliphatic rings. The number of hydrogen-bond acceptors (Lipinski definition) is 5. The zero-order valence-electron chi connectivity index (χ0n) is 17.9. The van der Waals surface area contributed by atoms with Crippen molar-refractivity contribution >= 4 is 40.8 Å². The summed E-state index contributed by atoms with van der Waals surface area (Å²) in [6, 6.07) is 2.62. The lowest BCUT2D eigenvalue weighted by molar-refractivity contribution is 0.0269. The zero-order chi connectivity index (χ0) is 25.8. The average Bonchev–Trinajstić information content (AvgIpc) is 3.16. The largest absolute Gasteiger partial charge is 0.416 e. The normalized spacial score (nSPS) is 14.8. The monoisotopic (exact) mass is 554 g/mol. The van der Waals surface area contributed by atoms with Gasteiger partial charge in [0, 0.05) is 10.6 Å². The highest BCUT2D eigenvalue weighted by molar-refractivity contribution is 6.42. The van der Waals surface area contributed by atoms with Crippen molar-refractivity contribution in [2.75, 3.05) is 14.1 Å². The van der Waals surface area contributed by atoms with Crippen molar-refractivity contribution < 1.29 is 36.0 Å². The number of aromatic nitrogens is 1. The number of benzene rings is 2. The summed E-state index contributed by atoms with van der Waals surface area (Å²) in [5, 5.41) is 4.00. The summed E-state index contributed by atoms with van der Waals surface area (Å²) in [6.07, 6.45) is 1.78. The molecule has 13 heteroatoms. The van der Waals surface area contributed by atoms with Crippen LogP contribution in [0.25, 0.3) is 11.3 Å². The molecule has 3 aromatic rings. The van der Waals surface area contributed by atoms with Crippen LogP contribution in [0.3, 0.4) is 0 Å². The van der Waals surface area contributed by atoms with Crippen LogP contribution in [0.4, 0.5) is 22.0 Å². The molecule has 1 aromatic heterocycles. The van der Waals surface area contributed by atoms with E-state index >= 15 is 0 Å². The van der Waals surface area contributed by atoms with Crippen molar-refractivity contribution in [1.82, 2.24) is 10.1 Å². The first-order chi connectivity index (χ1) is 16.4. The van der Waals surface area contributed by atoms with Crippen LogP contribution in [0.15, 0.2) is 16.7 Å². The lowest BCUT2D eigenvalue weighted by atomic mass is 9.72. The van der Waals surface area contributed by atoms with Crippen LogP contribution in [-0.2, 0) is 5.54 Å². The Labute approximate surface area is 210 Å². The predicted octanol–water partition coefficient (Wildman–Crippen LogP) is 7.16. The van der Waals surface area contributed by atoms with E-state index in [4.69, 9.17) is 44.1 Å². The molecule has 0 aliphatic heterocycles. The van der Waals surface area contributed by atoms with Crippen LogP contribution in [-0.4, -0.2) is 30.1 Å². The number of rotatable bonds is 5. The van der Waals surface area contributed by atoms with Crippen LogP contribution in [0.5, 0.6) is 5.75 Å². The van der Waals surface area contributed by atoms with Gasteiger partial charge in [0.1, 0.15) is 11.3 Å². The lowest BCUT2D eigenvalue weighted by Gasteiger charge is -2.45. The Kier molecular flexibility index (Phi) is 6.78. The van der Waals surface area contributed by atoms with Crippen LogP contribution in [0, 0.1) is 29.1 Å². The summed E-state index contributed by atoms with van der Waals surface area (Å²) in [4.78, 5) is 15.0. The van der Waals surface area contributed by atoms with Gasteiger partial charge in [-0.2, -0.15) is 8.78 Å². The molecule has 0 spiro atoms. The Morgan fingerprint density at radius 3 is 1.94 bits per heavy atom. The van der Waals surface area contributed by atoms with Crippen molar-refractivity contribution in [2.24, 2.45) is 0 Å². The van der Waals surface area contributed by atoms with Gasteiger partial charge in [0.2, 0.25) is 34.8 Å². The molecule has 35 heavy (non-hydrogen) atoms. The third-order valence-electron chi connectivity index (χ3n) is 5.96. The van der Waals surface area contributed by atoms with Crippen molar-refractivity contribution in [3.63, 3.8) is 0 Å². The fourth-order valence-electron chi connectivity index (χ4n) is 3.94. The van der Waals surface area contributed by atoms with E-state index < -0.39 is 51.9 Å². The zero-order valence-corrected chi connectivity index (χ0v) is 20.2.